The zero-order valence-corrected chi connectivity index (χ0v) is 13.1. The van der Waals surface area contributed by atoms with Crippen molar-refractivity contribution in [1.82, 2.24) is 20.4 Å². The Kier molecular flexibility index (Phi) is 4.88. The number of hydrogen-bond donors (Lipinski definition) is 2. The number of likely N-dealkylation sites (N-methyl/N-ethyl adjacent to an activating group) is 1. The lowest BCUT2D eigenvalue weighted by Gasteiger charge is -2.31. The minimum Gasteiger partial charge on any atom is -0.381 e. The van der Waals surface area contributed by atoms with E-state index in [-0.39, 0.29) is 5.56 Å². The number of amides is 1. The topological polar surface area (TPSA) is 70.2 Å². The van der Waals surface area contributed by atoms with E-state index >= 15 is 0 Å². The van der Waals surface area contributed by atoms with Crippen molar-refractivity contribution in [2.24, 2.45) is 0 Å². The second-order valence-corrected chi connectivity index (χ2v) is 5.84. The monoisotopic (exact) mass is 320 g/mol. The fourth-order valence-corrected chi connectivity index (χ4v) is 2.91. The van der Waals surface area contributed by atoms with Gasteiger partial charge in [-0.15, -0.1) is 0 Å². The van der Waals surface area contributed by atoms with Crippen molar-refractivity contribution < 1.29 is 13.9 Å². The molecule has 0 aliphatic carbocycles. The molecule has 23 heavy (non-hydrogen) atoms. The Balaban J connectivity index is 1.55. The quantitative estimate of drug-likeness (QED) is 0.877. The highest BCUT2D eigenvalue weighted by Crippen LogP contribution is 2.18. The molecule has 7 heteroatoms. The Morgan fingerprint density at radius 3 is 3.04 bits per heavy atom. The Labute approximate surface area is 134 Å². The molecule has 124 valence electrons. The Bertz CT molecular complexity index is 682. The van der Waals surface area contributed by atoms with Crippen molar-refractivity contribution in [2.45, 2.75) is 18.9 Å². The molecule has 0 spiro atoms. The van der Waals surface area contributed by atoms with Crippen LogP contribution < -0.4 is 5.32 Å². The van der Waals surface area contributed by atoms with Gasteiger partial charge in [-0.1, -0.05) is 0 Å². The van der Waals surface area contributed by atoms with E-state index in [0.29, 0.717) is 23.5 Å². The average Bonchev–Trinajstić information content (AvgIpc) is 3.05. The van der Waals surface area contributed by atoms with Gasteiger partial charge in [0.25, 0.3) is 5.91 Å². The fraction of sp³-hybridized carbons (Fsp3) is 0.500. The highest BCUT2D eigenvalue weighted by molar-refractivity contribution is 5.98. The number of aromatic amines is 1. The first-order chi connectivity index (χ1) is 11.2. The molecule has 0 saturated carbocycles. The van der Waals surface area contributed by atoms with Crippen molar-refractivity contribution in [2.75, 3.05) is 33.4 Å². The third-order valence-electron chi connectivity index (χ3n) is 4.37. The van der Waals surface area contributed by atoms with Gasteiger partial charge in [0.2, 0.25) is 0 Å². The van der Waals surface area contributed by atoms with Gasteiger partial charge in [0, 0.05) is 32.3 Å². The number of H-pyrrole nitrogens is 1. The predicted molar refractivity (Wildman–Crippen MR) is 84.9 cm³/mol. The number of halogens is 1. The van der Waals surface area contributed by atoms with E-state index in [2.05, 4.69) is 20.4 Å². The van der Waals surface area contributed by atoms with Gasteiger partial charge in [-0.25, -0.2) is 4.39 Å². The van der Waals surface area contributed by atoms with Crippen LogP contribution >= 0.6 is 0 Å². The van der Waals surface area contributed by atoms with E-state index in [1.165, 1.54) is 12.3 Å². The van der Waals surface area contributed by atoms with Crippen molar-refractivity contribution >= 4 is 16.8 Å². The second kappa shape index (κ2) is 7.06. The van der Waals surface area contributed by atoms with Gasteiger partial charge in [0.05, 0.1) is 22.7 Å². The molecule has 0 radical (unpaired) electrons. The molecule has 1 amide bonds. The van der Waals surface area contributed by atoms with Gasteiger partial charge in [0.15, 0.2) is 0 Å². The third kappa shape index (κ3) is 3.51. The molecular weight excluding hydrogens is 299 g/mol. The van der Waals surface area contributed by atoms with Gasteiger partial charge in [-0.05, 0) is 32.0 Å². The van der Waals surface area contributed by atoms with Crippen LogP contribution in [0.25, 0.3) is 10.9 Å². The summed E-state index contributed by atoms with van der Waals surface area (Å²) in [5.74, 6) is -0.933. The molecule has 1 aliphatic heterocycles. The smallest absolute Gasteiger partial charge is 0.254 e. The minimum absolute atomic E-state index is 0.0487. The number of benzene rings is 1. The lowest BCUT2D eigenvalue weighted by Crippen LogP contribution is -2.41. The molecule has 3 rings (SSSR count). The van der Waals surface area contributed by atoms with Crippen LogP contribution in [0.15, 0.2) is 18.3 Å². The summed E-state index contributed by atoms with van der Waals surface area (Å²) in [6.07, 6.45) is 3.41. The number of rotatable bonds is 5. The molecule has 1 aliphatic rings. The molecule has 1 aromatic carbocycles. The van der Waals surface area contributed by atoms with Crippen LogP contribution in [0.2, 0.25) is 0 Å². The summed E-state index contributed by atoms with van der Waals surface area (Å²) < 4.78 is 19.6. The lowest BCUT2D eigenvalue weighted by atomic mass is 10.1. The summed E-state index contributed by atoms with van der Waals surface area (Å²) >= 11 is 0. The normalized spacial score (nSPS) is 16.1. The number of aromatic nitrogens is 2. The predicted octanol–water partition coefficient (Wildman–Crippen LogP) is 1.54. The summed E-state index contributed by atoms with van der Waals surface area (Å²) in [6.45, 7) is 2.79. The van der Waals surface area contributed by atoms with E-state index in [1.54, 1.807) is 6.07 Å². The van der Waals surface area contributed by atoms with Gasteiger partial charge in [-0.2, -0.15) is 5.10 Å². The molecule has 0 atom stereocenters. The first-order valence-corrected chi connectivity index (χ1v) is 7.84. The maximum atomic E-state index is 14.3. The van der Waals surface area contributed by atoms with Crippen LogP contribution in [0.5, 0.6) is 0 Å². The second-order valence-electron chi connectivity index (χ2n) is 5.84. The zero-order chi connectivity index (χ0) is 16.2. The van der Waals surface area contributed by atoms with Crippen LogP contribution in [0.3, 0.4) is 0 Å². The molecule has 2 N–H and O–H groups in total. The van der Waals surface area contributed by atoms with Gasteiger partial charge in [-0.3, -0.25) is 9.89 Å². The summed E-state index contributed by atoms with van der Waals surface area (Å²) in [4.78, 5) is 14.4. The number of carbonyl (C=O) groups is 1. The molecule has 2 aromatic rings. The maximum absolute atomic E-state index is 14.3. The molecule has 0 bridgehead atoms. The summed E-state index contributed by atoms with van der Waals surface area (Å²) in [5.41, 5.74) is 0.630. The van der Waals surface area contributed by atoms with Crippen LogP contribution in [0.4, 0.5) is 4.39 Å². The summed E-state index contributed by atoms with van der Waals surface area (Å²) in [5, 5.41) is 9.58. The van der Waals surface area contributed by atoms with Crippen LogP contribution in [-0.2, 0) is 4.74 Å². The highest BCUT2D eigenvalue weighted by Gasteiger charge is 2.19. The lowest BCUT2D eigenvalue weighted by molar-refractivity contribution is 0.0432. The number of ether oxygens (including phenoxy) is 1. The SMILES string of the molecule is CN(CCNC(=O)c1ccc2[nH]ncc2c1F)C1CCOCC1. The van der Waals surface area contributed by atoms with E-state index in [9.17, 15) is 9.18 Å². The number of fused-ring (bicyclic) bond motifs is 1. The average molecular weight is 320 g/mol. The molecule has 6 nitrogen and oxygen atoms in total. The van der Waals surface area contributed by atoms with Crippen molar-refractivity contribution in [3.8, 4) is 0 Å². The molecular formula is C16H21FN4O2. The third-order valence-corrected chi connectivity index (χ3v) is 4.37. The van der Waals surface area contributed by atoms with Crippen LogP contribution in [-0.4, -0.2) is 60.4 Å². The Hall–Kier alpha value is -1.99. The first-order valence-electron chi connectivity index (χ1n) is 7.84. The van der Waals surface area contributed by atoms with Crippen molar-refractivity contribution in [3.63, 3.8) is 0 Å². The summed E-state index contributed by atoms with van der Waals surface area (Å²) in [7, 11) is 2.04. The Morgan fingerprint density at radius 1 is 1.48 bits per heavy atom. The molecule has 1 fully saturated rings. The van der Waals surface area contributed by atoms with Gasteiger partial charge >= 0.3 is 0 Å². The molecule has 1 saturated heterocycles. The Morgan fingerprint density at radius 2 is 2.26 bits per heavy atom. The zero-order valence-electron chi connectivity index (χ0n) is 13.1. The molecule has 1 aromatic heterocycles. The standard InChI is InChI=1S/C16H21FN4O2/c1-21(11-4-8-23-9-5-11)7-6-18-16(22)12-2-3-14-13(15(12)17)10-19-20-14/h2-3,10-11H,4-9H2,1H3,(H,18,22)(H,19,20). The largest absolute Gasteiger partial charge is 0.381 e. The van der Waals surface area contributed by atoms with Gasteiger partial charge in [0.1, 0.15) is 5.82 Å². The van der Waals surface area contributed by atoms with E-state index in [1.807, 2.05) is 7.05 Å². The maximum Gasteiger partial charge on any atom is 0.254 e. The molecule has 2 heterocycles. The van der Waals surface area contributed by atoms with E-state index in [0.717, 1.165) is 32.6 Å². The number of nitrogens with zero attached hydrogens (tertiary/aromatic N) is 2. The van der Waals surface area contributed by atoms with Gasteiger partial charge < -0.3 is 15.0 Å². The summed E-state index contributed by atoms with van der Waals surface area (Å²) in [6, 6.07) is 3.63. The first kappa shape index (κ1) is 15.9. The van der Waals surface area contributed by atoms with Crippen molar-refractivity contribution in [3.05, 3.63) is 29.7 Å². The fourth-order valence-electron chi connectivity index (χ4n) is 2.91. The number of nitrogens with one attached hydrogen (secondary N) is 2. The van der Waals surface area contributed by atoms with Crippen molar-refractivity contribution in [1.29, 1.82) is 0 Å². The number of hydrogen-bond acceptors (Lipinski definition) is 4. The van der Waals surface area contributed by atoms with E-state index in [4.69, 9.17) is 4.74 Å². The number of carbonyl (C=O) groups excluding carboxylic acids is 1. The van der Waals surface area contributed by atoms with E-state index < -0.39 is 11.7 Å². The van der Waals surface area contributed by atoms with Crippen LogP contribution in [0.1, 0.15) is 23.2 Å². The highest BCUT2D eigenvalue weighted by atomic mass is 19.1. The van der Waals surface area contributed by atoms with Crippen LogP contribution in [0, 0.1) is 5.82 Å². The minimum atomic E-state index is -0.536. The molecule has 0 unspecified atom stereocenters.